The molecule has 0 atom stereocenters. The average molecular weight is 393 g/mol. The zero-order valence-electron chi connectivity index (χ0n) is 17.3. The fourth-order valence-corrected chi connectivity index (χ4v) is 4.22. The lowest BCUT2D eigenvalue weighted by molar-refractivity contribution is 0.102. The molecular formula is C26H23N3O. The second kappa shape index (κ2) is 6.92. The number of aryl methyl sites for hydroxylation is 3. The van der Waals surface area contributed by atoms with Crippen molar-refractivity contribution in [2.75, 3.05) is 5.32 Å². The molecule has 0 aliphatic rings. The molecule has 5 aromatic rings. The molecule has 2 heterocycles. The normalized spacial score (nSPS) is 11.3. The summed E-state index contributed by atoms with van der Waals surface area (Å²) in [5, 5.41) is 5.29. The van der Waals surface area contributed by atoms with Crippen LogP contribution in [0.2, 0.25) is 0 Å². The number of nitrogens with one attached hydrogen (secondary N) is 1. The number of aromatic nitrogens is 2. The summed E-state index contributed by atoms with van der Waals surface area (Å²) in [5.74, 6) is -0.126. The summed E-state index contributed by atoms with van der Waals surface area (Å²) in [6, 6.07) is 24.5. The Morgan fingerprint density at radius 3 is 2.37 bits per heavy atom. The average Bonchev–Trinajstić information content (AvgIpc) is 3.28. The maximum atomic E-state index is 13.4. The van der Waals surface area contributed by atoms with Gasteiger partial charge in [-0.25, -0.2) is 0 Å². The van der Waals surface area contributed by atoms with E-state index in [0.717, 1.165) is 33.2 Å². The molecular weight excluding hydrogens is 370 g/mol. The molecule has 30 heavy (non-hydrogen) atoms. The molecule has 0 radical (unpaired) electrons. The number of anilines is 1. The van der Waals surface area contributed by atoms with Crippen LogP contribution < -0.4 is 5.32 Å². The molecule has 0 fully saturated rings. The van der Waals surface area contributed by atoms with E-state index < -0.39 is 0 Å². The van der Waals surface area contributed by atoms with Gasteiger partial charge < -0.3 is 14.5 Å². The topological polar surface area (TPSA) is 39.0 Å². The van der Waals surface area contributed by atoms with Gasteiger partial charge in [0.15, 0.2) is 0 Å². The van der Waals surface area contributed by atoms with Gasteiger partial charge in [-0.1, -0.05) is 30.3 Å². The molecule has 1 N–H and O–H groups in total. The number of para-hydroxylation sites is 1. The van der Waals surface area contributed by atoms with Crippen molar-refractivity contribution in [1.29, 1.82) is 0 Å². The highest BCUT2D eigenvalue weighted by molar-refractivity contribution is 6.07. The molecule has 0 aliphatic carbocycles. The molecule has 1 amide bonds. The van der Waals surface area contributed by atoms with Crippen LogP contribution in [0.3, 0.4) is 0 Å². The van der Waals surface area contributed by atoms with Crippen LogP contribution in [0.15, 0.2) is 79.0 Å². The summed E-state index contributed by atoms with van der Waals surface area (Å²) in [7, 11) is 2.01. The molecule has 0 unspecified atom stereocenters. The predicted octanol–water partition coefficient (Wildman–Crippen LogP) is 5.99. The van der Waals surface area contributed by atoms with Crippen molar-refractivity contribution in [3.8, 4) is 5.69 Å². The zero-order chi connectivity index (χ0) is 20.8. The van der Waals surface area contributed by atoms with E-state index >= 15 is 0 Å². The standard InChI is InChI=1S/C26H23N3O/c1-17-12-18(2)14-22(13-17)29-23-7-5-4-6-20(23)15-25(29)26(30)27-21-9-8-19-10-11-28(3)24(19)16-21/h4-16H,1-3H3,(H,27,30). The summed E-state index contributed by atoms with van der Waals surface area (Å²) < 4.78 is 4.10. The Balaban J connectivity index is 1.62. The van der Waals surface area contributed by atoms with Crippen LogP contribution in [0.1, 0.15) is 21.6 Å². The number of fused-ring (bicyclic) bond motifs is 2. The van der Waals surface area contributed by atoms with Gasteiger partial charge in [0.1, 0.15) is 5.69 Å². The molecule has 4 heteroatoms. The number of carbonyl (C=O) groups excluding carboxylic acids is 1. The van der Waals surface area contributed by atoms with Gasteiger partial charge in [-0.3, -0.25) is 4.79 Å². The maximum absolute atomic E-state index is 13.4. The zero-order valence-corrected chi connectivity index (χ0v) is 17.3. The van der Waals surface area contributed by atoms with Crippen molar-refractivity contribution in [1.82, 2.24) is 9.13 Å². The fourth-order valence-electron chi connectivity index (χ4n) is 4.22. The second-order valence-corrected chi connectivity index (χ2v) is 7.92. The molecule has 0 spiro atoms. The van der Waals surface area contributed by atoms with Gasteiger partial charge in [-0.15, -0.1) is 0 Å². The van der Waals surface area contributed by atoms with Gasteiger partial charge in [-0.05, 0) is 72.8 Å². The van der Waals surface area contributed by atoms with E-state index in [2.05, 4.69) is 54.1 Å². The van der Waals surface area contributed by atoms with Gasteiger partial charge in [0.2, 0.25) is 0 Å². The lowest BCUT2D eigenvalue weighted by atomic mass is 10.1. The first-order valence-electron chi connectivity index (χ1n) is 10.1. The first-order valence-corrected chi connectivity index (χ1v) is 10.1. The van der Waals surface area contributed by atoms with Crippen molar-refractivity contribution in [2.24, 2.45) is 7.05 Å². The first-order chi connectivity index (χ1) is 14.5. The summed E-state index contributed by atoms with van der Waals surface area (Å²) in [6.45, 7) is 4.16. The molecule has 0 aliphatic heterocycles. The molecule has 3 aromatic carbocycles. The third-order valence-electron chi connectivity index (χ3n) is 5.55. The van der Waals surface area contributed by atoms with Crippen molar-refractivity contribution in [2.45, 2.75) is 13.8 Å². The number of carbonyl (C=O) groups is 1. The Morgan fingerprint density at radius 2 is 1.57 bits per heavy atom. The van der Waals surface area contributed by atoms with Crippen molar-refractivity contribution in [3.63, 3.8) is 0 Å². The number of amides is 1. The van der Waals surface area contributed by atoms with E-state index in [1.54, 1.807) is 0 Å². The molecule has 5 rings (SSSR count). The Morgan fingerprint density at radius 1 is 0.800 bits per heavy atom. The number of hydrogen-bond donors (Lipinski definition) is 1. The van der Waals surface area contributed by atoms with Crippen molar-refractivity contribution < 1.29 is 4.79 Å². The van der Waals surface area contributed by atoms with Gasteiger partial charge in [0, 0.05) is 35.5 Å². The van der Waals surface area contributed by atoms with Crippen LogP contribution in [0.25, 0.3) is 27.5 Å². The van der Waals surface area contributed by atoms with Crippen LogP contribution in [0.4, 0.5) is 5.69 Å². The maximum Gasteiger partial charge on any atom is 0.272 e. The van der Waals surface area contributed by atoms with Crippen LogP contribution >= 0.6 is 0 Å². The quantitative estimate of drug-likeness (QED) is 0.402. The Hall–Kier alpha value is -3.79. The SMILES string of the molecule is Cc1cc(C)cc(-n2c(C(=O)Nc3ccc4ccn(C)c4c3)cc3ccccc32)c1. The molecule has 2 aromatic heterocycles. The van der Waals surface area contributed by atoms with E-state index in [1.807, 2.05) is 60.3 Å². The largest absolute Gasteiger partial charge is 0.350 e. The minimum absolute atomic E-state index is 0.126. The predicted molar refractivity (Wildman–Crippen MR) is 124 cm³/mol. The van der Waals surface area contributed by atoms with E-state index in [1.165, 1.54) is 11.1 Å². The van der Waals surface area contributed by atoms with Crippen LogP contribution in [0, 0.1) is 13.8 Å². The summed E-state index contributed by atoms with van der Waals surface area (Å²) in [6.07, 6.45) is 2.02. The van der Waals surface area contributed by atoms with Gasteiger partial charge in [-0.2, -0.15) is 0 Å². The third-order valence-corrected chi connectivity index (χ3v) is 5.55. The Bertz CT molecular complexity index is 1400. The van der Waals surface area contributed by atoms with Crippen LogP contribution in [-0.2, 0) is 7.05 Å². The van der Waals surface area contributed by atoms with E-state index in [4.69, 9.17) is 0 Å². The summed E-state index contributed by atoms with van der Waals surface area (Å²) in [5.41, 5.74) is 6.84. The minimum Gasteiger partial charge on any atom is -0.350 e. The second-order valence-electron chi connectivity index (χ2n) is 7.92. The number of nitrogens with zero attached hydrogens (tertiary/aromatic N) is 2. The molecule has 4 nitrogen and oxygen atoms in total. The lowest BCUT2D eigenvalue weighted by Crippen LogP contribution is -2.16. The molecule has 0 saturated heterocycles. The van der Waals surface area contributed by atoms with Gasteiger partial charge in [0.25, 0.3) is 5.91 Å². The highest BCUT2D eigenvalue weighted by Crippen LogP contribution is 2.27. The van der Waals surface area contributed by atoms with Crippen molar-refractivity contribution in [3.05, 3.63) is 95.8 Å². The van der Waals surface area contributed by atoms with E-state index in [-0.39, 0.29) is 5.91 Å². The highest BCUT2D eigenvalue weighted by atomic mass is 16.1. The van der Waals surface area contributed by atoms with Gasteiger partial charge in [0.05, 0.1) is 5.52 Å². The smallest absolute Gasteiger partial charge is 0.272 e. The van der Waals surface area contributed by atoms with E-state index in [0.29, 0.717) is 5.69 Å². The minimum atomic E-state index is -0.126. The molecule has 0 bridgehead atoms. The Kier molecular flexibility index (Phi) is 4.21. The molecule has 148 valence electrons. The van der Waals surface area contributed by atoms with Crippen LogP contribution in [0.5, 0.6) is 0 Å². The number of hydrogen-bond acceptors (Lipinski definition) is 1. The Labute approximate surface area is 175 Å². The third kappa shape index (κ3) is 3.07. The summed E-state index contributed by atoms with van der Waals surface area (Å²) in [4.78, 5) is 13.4. The molecule has 0 saturated carbocycles. The fraction of sp³-hybridized carbons (Fsp3) is 0.115. The first kappa shape index (κ1) is 18.3. The monoisotopic (exact) mass is 393 g/mol. The van der Waals surface area contributed by atoms with E-state index in [9.17, 15) is 4.79 Å². The number of benzene rings is 3. The number of rotatable bonds is 3. The lowest BCUT2D eigenvalue weighted by Gasteiger charge is -2.13. The highest BCUT2D eigenvalue weighted by Gasteiger charge is 2.18. The van der Waals surface area contributed by atoms with Crippen LogP contribution in [-0.4, -0.2) is 15.0 Å². The van der Waals surface area contributed by atoms with Gasteiger partial charge >= 0.3 is 0 Å². The van der Waals surface area contributed by atoms with Crippen molar-refractivity contribution >= 4 is 33.4 Å². The summed E-state index contributed by atoms with van der Waals surface area (Å²) >= 11 is 0.